The van der Waals surface area contributed by atoms with Gasteiger partial charge in [0.05, 0.1) is 22.2 Å². The third-order valence-corrected chi connectivity index (χ3v) is 5.84. The Labute approximate surface area is 180 Å². The number of carbonyl (C=O) groups is 2. The maximum absolute atomic E-state index is 13.4. The van der Waals surface area contributed by atoms with E-state index in [9.17, 15) is 9.59 Å². The average molecular weight is 428 g/mol. The number of aromatic amines is 1. The molecule has 1 atom stereocenters. The number of para-hydroxylation sites is 1. The first kappa shape index (κ1) is 21.9. The molecule has 0 saturated heterocycles. The number of ether oxygens (including phenoxy) is 1. The predicted octanol–water partition coefficient (Wildman–Crippen LogP) is 5.57. The van der Waals surface area contributed by atoms with Crippen LogP contribution in [0.3, 0.4) is 0 Å². The Kier molecular flexibility index (Phi) is 5.94. The Balaban J connectivity index is 1.94. The second kappa shape index (κ2) is 8.14. The van der Waals surface area contributed by atoms with E-state index >= 15 is 0 Å². The first-order valence-electron chi connectivity index (χ1n) is 9.98. The number of nitrogen functional groups attached to an aromatic ring is 1. The highest BCUT2D eigenvalue weighted by atomic mass is 32.1. The average Bonchev–Trinajstić information content (AvgIpc) is 3.16. The van der Waals surface area contributed by atoms with Gasteiger partial charge in [-0.15, -0.1) is 11.3 Å². The third-order valence-electron chi connectivity index (χ3n) is 4.79. The van der Waals surface area contributed by atoms with E-state index in [2.05, 4.69) is 10.3 Å². The first-order valence-corrected chi connectivity index (χ1v) is 10.8. The van der Waals surface area contributed by atoms with Gasteiger partial charge in [-0.3, -0.25) is 4.79 Å². The lowest BCUT2D eigenvalue weighted by Gasteiger charge is -2.25. The van der Waals surface area contributed by atoms with Crippen molar-refractivity contribution < 1.29 is 14.3 Å². The SMILES string of the molecule is Cc1[nH]c2ccccc2c1C(=O)c1cc([C@H](NC(=O)OC(C)(C)C)C(C)C)sc1N. The molecule has 0 bridgehead atoms. The van der Waals surface area contributed by atoms with Crippen molar-refractivity contribution in [3.05, 3.63) is 52.0 Å². The van der Waals surface area contributed by atoms with E-state index in [0.717, 1.165) is 21.5 Å². The highest BCUT2D eigenvalue weighted by Crippen LogP contribution is 2.36. The number of rotatable bonds is 5. The Hall–Kier alpha value is -2.80. The van der Waals surface area contributed by atoms with Gasteiger partial charge in [0.15, 0.2) is 5.78 Å². The fourth-order valence-electron chi connectivity index (χ4n) is 3.46. The monoisotopic (exact) mass is 427 g/mol. The van der Waals surface area contributed by atoms with Gasteiger partial charge >= 0.3 is 6.09 Å². The zero-order valence-electron chi connectivity index (χ0n) is 18.3. The molecule has 2 heterocycles. The smallest absolute Gasteiger partial charge is 0.408 e. The van der Waals surface area contributed by atoms with E-state index < -0.39 is 11.7 Å². The minimum Gasteiger partial charge on any atom is -0.444 e. The van der Waals surface area contributed by atoms with Crippen LogP contribution in [0.1, 0.15) is 67.2 Å². The molecule has 0 aliphatic carbocycles. The van der Waals surface area contributed by atoms with Crippen molar-refractivity contribution in [1.29, 1.82) is 0 Å². The lowest BCUT2D eigenvalue weighted by atomic mass is 9.99. The van der Waals surface area contributed by atoms with Crippen LogP contribution in [0.2, 0.25) is 0 Å². The van der Waals surface area contributed by atoms with Crippen molar-refractivity contribution in [3.8, 4) is 0 Å². The second-order valence-corrected chi connectivity index (χ2v) is 9.91. The Morgan fingerprint density at radius 3 is 2.50 bits per heavy atom. The quantitative estimate of drug-likeness (QED) is 0.464. The van der Waals surface area contributed by atoms with Crippen LogP contribution in [0.15, 0.2) is 30.3 Å². The summed E-state index contributed by atoms with van der Waals surface area (Å²) in [7, 11) is 0. The number of amides is 1. The fourth-order valence-corrected chi connectivity index (χ4v) is 4.61. The Bertz CT molecular complexity index is 1090. The molecule has 4 N–H and O–H groups in total. The van der Waals surface area contributed by atoms with Crippen molar-refractivity contribution >= 4 is 39.1 Å². The number of hydrogen-bond donors (Lipinski definition) is 3. The van der Waals surface area contributed by atoms with Crippen LogP contribution in [0, 0.1) is 12.8 Å². The van der Waals surface area contributed by atoms with Crippen molar-refractivity contribution in [2.75, 3.05) is 5.73 Å². The number of aromatic nitrogens is 1. The van der Waals surface area contributed by atoms with Crippen LogP contribution in [-0.2, 0) is 4.74 Å². The summed E-state index contributed by atoms with van der Waals surface area (Å²) in [5, 5.41) is 4.24. The van der Waals surface area contributed by atoms with Crippen LogP contribution in [0.5, 0.6) is 0 Å². The highest BCUT2D eigenvalue weighted by Gasteiger charge is 2.27. The molecular formula is C23H29N3O3S. The molecule has 1 amide bonds. The molecule has 0 aliphatic heterocycles. The van der Waals surface area contributed by atoms with E-state index in [4.69, 9.17) is 10.5 Å². The number of benzene rings is 1. The van der Waals surface area contributed by atoms with Crippen molar-refractivity contribution in [3.63, 3.8) is 0 Å². The number of carbonyl (C=O) groups excluding carboxylic acids is 2. The van der Waals surface area contributed by atoms with Crippen LogP contribution in [0.25, 0.3) is 10.9 Å². The third kappa shape index (κ3) is 4.51. The van der Waals surface area contributed by atoms with Crippen LogP contribution in [0.4, 0.5) is 9.80 Å². The lowest BCUT2D eigenvalue weighted by Crippen LogP contribution is -2.36. The van der Waals surface area contributed by atoms with E-state index in [1.807, 2.05) is 65.8 Å². The maximum atomic E-state index is 13.4. The second-order valence-electron chi connectivity index (χ2n) is 8.79. The molecular weight excluding hydrogens is 398 g/mol. The molecule has 3 aromatic rings. The van der Waals surface area contributed by atoms with Gasteiger partial charge in [0.2, 0.25) is 0 Å². The Morgan fingerprint density at radius 1 is 1.20 bits per heavy atom. The summed E-state index contributed by atoms with van der Waals surface area (Å²) < 4.78 is 5.40. The van der Waals surface area contributed by atoms with Crippen molar-refractivity contribution in [2.45, 2.75) is 53.2 Å². The minimum atomic E-state index is -0.589. The van der Waals surface area contributed by atoms with Crippen LogP contribution in [-0.4, -0.2) is 22.5 Å². The van der Waals surface area contributed by atoms with Gasteiger partial charge in [-0.05, 0) is 45.7 Å². The maximum Gasteiger partial charge on any atom is 0.408 e. The molecule has 3 rings (SSSR count). The van der Waals surface area contributed by atoms with E-state index in [1.54, 1.807) is 6.07 Å². The van der Waals surface area contributed by atoms with Gasteiger partial charge in [-0.1, -0.05) is 32.0 Å². The van der Waals surface area contributed by atoms with Gasteiger partial charge in [-0.25, -0.2) is 4.79 Å². The standard InChI is InChI=1S/C23H29N3O3S/c1-12(2)19(26-22(28)29-23(4,5)6)17-11-15(21(24)30-17)20(27)18-13(3)25-16-10-8-7-9-14(16)18/h7-12,19,25H,24H2,1-6H3,(H,26,28)/t19-/m1/s1. The molecule has 0 fully saturated rings. The number of anilines is 1. The first-order chi connectivity index (χ1) is 14.0. The van der Waals surface area contributed by atoms with Crippen molar-refractivity contribution in [1.82, 2.24) is 10.3 Å². The molecule has 7 heteroatoms. The Morgan fingerprint density at radius 2 is 1.87 bits per heavy atom. The molecule has 0 radical (unpaired) electrons. The largest absolute Gasteiger partial charge is 0.444 e. The molecule has 1 aromatic carbocycles. The summed E-state index contributed by atoms with van der Waals surface area (Å²) in [6, 6.07) is 9.20. The molecule has 0 spiro atoms. The van der Waals surface area contributed by atoms with Gasteiger partial charge in [-0.2, -0.15) is 0 Å². The van der Waals surface area contributed by atoms with Crippen LogP contribution < -0.4 is 11.1 Å². The number of aryl methyl sites for hydroxylation is 1. The molecule has 6 nitrogen and oxygen atoms in total. The minimum absolute atomic E-state index is 0.0911. The number of ketones is 1. The number of nitrogens with two attached hydrogens (primary N) is 1. The lowest BCUT2D eigenvalue weighted by molar-refractivity contribution is 0.0490. The topological polar surface area (TPSA) is 97.2 Å². The van der Waals surface area contributed by atoms with Crippen LogP contribution >= 0.6 is 11.3 Å². The number of alkyl carbamates (subject to hydrolysis) is 1. The van der Waals surface area contributed by atoms with Gasteiger partial charge < -0.3 is 20.8 Å². The van der Waals surface area contributed by atoms with Gasteiger partial charge in [0.25, 0.3) is 0 Å². The molecule has 0 saturated carbocycles. The number of hydrogen-bond acceptors (Lipinski definition) is 5. The molecule has 30 heavy (non-hydrogen) atoms. The summed E-state index contributed by atoms with van der Waals surface area (Å²) in [6.07, 6.45) is -0.492. The summed E-state index contributed by atoms with van der Waals surface area (Å²) in [4.78, 5) is 29.8. The summed E-state index contributed by atoms with van der Waals surface area (Å²) in [5.41, 5.74) is 8.47. The zero-order valence-corrected chi connectivity index (χ0v) is 19.1. The number of thiophene rings is 1. The summed E-state index contributed by atoms with van der Waals surface area (Å²) >= 11 is 1.32. The van der Waals surface area contributed by atoms with Crippen molar-refractivity contribution in [2.24, 2.45) is 5.92 Å². The molecule has 2 aromatic heterocycles. The number of H-pyrrole nitrogens is 1. The molecule has 0 aliphatic rings. The normalized spacial score (nSPS) is 12.9. The van der Waals surface area contributed by atoms with E-state index in [0.29, 0.717) is 16.1 Å². The van der Waals surface area contributed by atoms with E-state index in [-0.39, 0.29) is 17.7 Å². The zero-order chi connectivity index (χ0) is 22.2. The molecule has 160 valence electrons. The van der Waals surface area contributed by atoms with E-state index in [1.165, 1.54) is 11.3 Å². The molecule has 0 unspecified atom stereocenters. The number of nitrogens with one attached hydrogen (secondary N) is 2. The summed E-state index contributed by atoms with van der Waals surface area (Å²) in [5.74, 6) is -0.0296. The van der Waals surface area contributed by atoms with Gasteiger partial charge in [0.1, 0.15) is 5.60 Å². The highest BCUT2D eigenvalue weighted by molar-refractivity contribution is 7.16. The fraction of sp³-hybridized carbons (Fsp3) is 0.391. The van der Waals surface area contributed by atoms with Gasteiger partial charge in [0, 0.05) is 21.5 Å². The summed E-state index contributed by atoms with van der Waals surface area (Å²) in [6.45, 7) is 11.4. The number of fused-ring (bicyclic) bond motifs is 1. The predicted molar refractivity (Wildman–Crippen MR) is 122 cm³/mol.